The topological polar surface area (TPSA) is 14.1 Å². The molecule has 0 bridgehead atoms. The van der Waals surface area contributed by atoms with E-state index in [2.05, 4.69) is 26.1 Å². The Hall–Kier alpha value is -0.0400. The molecule has 1 radical (unpaired) electrons. The minimum Gasteiger partial charge on any atom is -0.239 e. The predicted octanol–water partition coefficient (Wildman–Crippen LogP) is 2.58. The first-order valence-electron chi connectivity index (χ1n) is 4.44. The number of rotatable bonds is 6. The molecule has 0 N–H and O–H groups in total. The van der Waals surface area contributed by atoms with E-state index in [0.29, 0.717) is 6.04 Å². The molecule has 0 spiro atoms. The van der Waals surface area contributed by atoms with Crippen LogP contribution in [0.5, 0.6) is 0 Å². The summed E-state index contributed by atoms with van der Waals surface area (Å²) in [6.07, 6.45) is 5.33. The predicted molar refractivity (Wildman–Crippen MR) is 46.3 cm³/mol. The average molecular weight is 142 g/mol. The Morgan fingerprint density at radius 2 is 1.80 bits per heavy atom. The zero-order valence-electron chi connectivity index (χ0n) is 7.56. The normalized spacial score (nSPS) is 10.8. The standard InChI is InChI=1S/C9H20N/c1-4-5-6-7-8-10-9(2)3/h9H,4-8H2,1-3H3. The molecule has 10 heavy (non-hydrogen) atoms. The van der Waals surface area contributed by atoms with E-state index in [4.69, 9.17) is 0 Å². The number of hydrogen-bond donors (Lipinski definition) is 0. The molecule has 61 valence electrons. The van der Waals surface area contributed by atoms with Crippen molar-refractivity contribution >= 4 is 0 Å². The zero-order valence-corrected chi connectivity index (χ0v) is 7.56. The second-order valence-corrected chi connectivity index (χ2v) is 3.06. The first-order valence-corrected chi connectivity index (χ1v) is 4.44. The van der Waals surface area contributed by atoms with Gasteiger partial charge in [0.2, 0.25) is 0 Å². The molecule has 0 aliphatic carbocycles. The quantitative estimate of drug-likeness (QED) is 0.506. The Bertz CT molecular complexity index is 59.7. The third kappa shape index (κ3) is 7.96. The van der Waals surface area contributed by atoms with Crippen molar-refractivity contribution in [1.29, 1.82) is 0 Å². The van der Waals surface area contributed by atoms with Gasteiger partial charge >= 0.3 is 0 Å². The van der Waals surface area contributed by atoms with Crippen molar-refractivity contribution in [2.75, 3.05) is 6.54 Å². The highest BCUT2D eigenvalue weighted by Gasteiger charge is 1.92. The molecular formula is C9H20N. The summed E-state index contributed by atoms with van der Waals surface area (Å²) in [4.78, 5) is 0. The first kappa shape index (κ1) is 9.96. The van der Waals surface area contributed by atoms with Gasteiger partial charge in [-0.25, -0.2) is 5.32 Å². The summed E-state index contributed by atoms with van der Waals surface area (Å²) in [5.41, 5.74) is 0. The third-order valence-corrected chi connectivity index (χ3v) is 1.51. The molecule has 1 heteroatoms. The van der Waals surface area contributed by atoms with Gasteiger partial charge in [-0.15, -0.1) is 0 Å². The minimum atomic E-state index is 0.529. The van der Waals surface area contributed by atoms with Gasteiger partial charge in [0.1, 0.15) is 0 Å². The van der Waals surface area contributed by atoms with Gasteiger partial charge in [-0.2, -0.15) is 0 Å². The van der Waals surface area contributed by atoms with Crippen LogP contribution < -0.4 is 5.32 Å². The van der Waals surface area contributed by atoms with Crippen LogP contribution in [0.15, 0.2) is 0 Å². The second kappa shape index (κ2) is 7.07. The molecule has 0 aliphatic rings. The van der Waals surface area contributed by atoms with Crippen molar-refractivity contribution in [2.24, 2.45) is 0 Å². The maximum atomic E-state index is 4.40. The van der Waals surface area contributed by atoms with Crippen LogP contribution in [-0.2, 0) is 0 Å². The lowest BCUT2D eigenvalue weighted by molar-refractivity contribution is 0.536. The van der Waals surface area contributed by atoms with E-state index >= 15 is 0 Å². The molecule has 0 aromatic heterocycles. The fourth-order valence-corrected chi connectivity index (χ4v) is 0.888. The number of nitrogens with zero attached hydrogens (tertiary/aromatic N) is 1. The molecular weight excluding hydrogens is 122 g/mol. The van der Waals surface area contributed by atoms with Crippen LogP contribution in [0, 0.1) is 0 Å². The summed E-state index contributed by atoms with van der Waals surface area (Å²) in [5, 5.41) is 4.40. The molecule has 0 aromatic carbocycles. The zero-order chi connectivity index (χ0) is 7.82. The molecule has 0 atom stereocenters. The van der Waals surface area contributed by atoms with Crippen molar-refractivity contribution in [3.05, 3.63) is 0 Å². The molecule has 0 amide bonds. The molecule has 0 saturated heterocycles. The smallest absolute Gasteiger partial charge is 0.0189 e. The van der Waals surface area contributed by atoms with Gasteiger partial charge in [0.05, 0.1) is 0 Å². The van der Waals surface area contributed by atoms with E-state index in [0.717, 1.165) is 6.54 Å². The molecule has 0 aliphatic heterocycles. The van der Waals surface area contributed by atoms with Crippen molar-refractivity contribution in [1.82, 2.24) is 5.32 Å². The lowest BCUT2D eigenvalue weighted by Crippen LogP contribution is -2.15. The van der Waals surface area contributed by atoms with Gasteiger partial charge in [0.15, 0.2) is 0 Å². The third-order valence-electron chi connectivity index (χ3n) is 1.51. The highest BCUT2D eigenvalue weighted by atomic mass is 14.9. The SMILES string of the molecule is CCCCCC[N]C(C)C. The Kier molecular flexibility index (Phi) is 7.04. The Labute approximate surface area is 65.2 Å². The van der Waals surface area contributed by atoms with Crippen LogP contribution in [-0.4, -0.2) is 12.6 Å². The van der Waals surface area contributed by atoms with Crippen LogP contribution in [0.25, 0.3) is 0 Å². The van der Waals surface area contributed by atoms with Gasteiger partial charge < -0.3 is 0 Å². The highest BCUT2D eigenvalue weighted by Crippen LogP contribution is 1.97. The van der Waals surface area contributed by atoms with Gasteiger partial charge in [0, 0.05) is 12.6 Å². The monoisotopic (exact) mass is 142 g/mol. The van der Waals surface area contributed by atoms with Gasteiger partial charge in [-0.05, 0) is 20.3 Å². The largest absolute Gasteiger partial charge is 0.239 e. The minimum absolute atomic E-state index is 0.529. The van der Waals surface area contributed by atoms with Crippen LogP contribution >= 0.6 is 0 Å². The van der Waals surface area contributed by atoms with Crippen LogP contribution in [0.4, 0.5) is 0 Å². The van der Waals surface area contributed by atoms with Crippen molar-refractivity contribution in [3.8, 4) is 0 Å². The fourth-order valence-electron chi connectivity index (χ4n) is 0.888. The Morgan fingerprint density at radius 1 is 1.10 bits per heavy atom. The molecule has 0 heterocycles. The van der Waals surface area contributed by atoms with Crippen molar-refractivity contribution < 1.29 is 0 Å². The summed E-state index contributed by atoms with van der Waals surface area (Å²) < 4.78 is 0. The molecule has 0 rings (SSSR count). The fraction of sp³-hybridized carbons (Fsp3) is 1.00. The van der Waals surface area contributed by atoms with E-state index in [9.17, 15) is 0 Å². The summed E-state index contributed by atoms with van der Waals surface area (Å²) in [6, 6.07) is 0.529. The van der Waals surface area contributed by atoms with Gasteiger partial charge in [-0.1, -0.05) is 26.2 Å². The summed E-state index contributed by atoms with van der Waals surface area (Å²) in [6.45, 7) is 7.58. The lowest BCUT2D eigenvalue weighted by atomic mass is 10.2. The summed E-state index contributed by atoms with van der Waals surface area (Å²) in [7, 11) is 0. The van der Waals surface area contributed by atoms with E-state index in [1.54, 1.807) is 0 Å². The highest BCUT2D eigenvalue weighted by molar-refractivity contribution is 4.51. The van der Waals surface area contributed by atoms with E-state index < -0.39 is 0 Å². The van der Waals surface area contributed by atoms with E-state index in [1.165, 1.54) is 25.7 Å². The molecule has 0 saturated carbocycles. The molecule has 1 nitrogen and oxygen atoms in total. The van der Waals surface area contributed by atoms with Crippen LogP contribution in [0.2, 0.25) is 0 Å². The molecule has 0 fully saturated rings. The summed E-state index contributed by atoms with van der Waals surface area (Å²) >= 11 is 0. The van der Waals surface area contributed by atoms with E-state index in [-0.39, 0.29) is 0 Å². The van der Waals surface area contributed by atoms with Crippen LogP contribution in [0.3, 0.4) is 0 Å². The molecule has 0 aromatic rings. The van der Waals surface area contributed by atoms with Gasteiger partial charge in [0.25, 0.3) is 0 Å². The first-order chi connectivity index (χ1) is 4.77. The Morgan fingerprint density at radius 3 is 2.30 bits per heavy atom. The average Bonchev–Trinajstić information content (AvgIpc) is 1.87. The Balaban J connectivity index is 2.77. The summed E-state index contributed by atoms with van der Waals surface area (Å²) in [5.74, 6) is 0. The second-order valence-electron chi connectivity index (χ2n) is 3.06. The van der Waals surface area contributed by atoms with Crippen LogP contribution in [0.1, 0.15) is 46.5 Å². The lowest BCUT2D eigenvalue weighted by Gasteiger charge is -2.03. The van der Waals surface area contributed by atoms with Crippen molar-refractivity contribution in [2.45, 2.75) is 52.5 Å². The van der Waals surface area contributed by atoms with Gasteiger partial charge in [-0.3, -0.25) is 0 Å². The number of hydrogen-bond acceptors (Lipinski definition) is 0. The van der Waals surface area contributed by atoms with Crippen molar-refractivity contribution in [3.63, 3.8) is 0 Å². The maximum Gasteiger partial charge on any atom is 0.0189 e. The maximum absolute atomic E-state index is 4.40. The molecule has 0 unspecified atom stereocenters. The van der Waals surface area contributed by atoms with E-state index in [1.807, 2.05) is 0 Å². The number of unbranched alkanes of at least 4 members (excludes halogenated alkanes) is 3.